The van der Waals surface area contributed by atoms with Crippen molar-refractivity contribution in [3.63, 3.8) is 0 Å². The van der Waals surface area contributed by atoms with Crippen LogP contribution in [0.1, 0.15) is 40.2 Å². The number of aromatic nitrogens is 3. The minimum Gasteiger partial charge on any atom is -0.351 e. The number of imidazole rings is 1. The SMILES string of the molecule is N#Cc1ccc2nc(N[C@@H](Cc3ccc(C4CC(=O)NS4(=O)=O)cc3)c3nc4ccccc4[nH]3)sc2c1. The van der Waals surface area contributed by atoms with Crippen LogP contribution < -0.4 is 10.0 Å². The Balaban J connectivity index is 1.31. The van der Waals surface area contributed by atoms with E-state index in [-0.39, 0.29) is 12.5 Å². The van der Waals surface area contributed by atoms with Crippen molar-refractivity contribution in [3.8, 4) is 6.07 Å². The molecule has 1 unspecified atom stereocenters. The number of sulfonamides is 1. The second-order valence-electron chi connectivity index (χ2n) is 8.86. The first-order valence-electron chi connectivity index (χ1n) is 11.5. The molecule has 37 heavy (non-hydrogen) atoms. The summed E-state index contributed by atoms with van der Waals surface area (Å²) >= 11 is 1.47. The predicted octanol–water partition coefficient (Wildman–Crippen LogP) is 4.33. The van der Waals surface area contributed by atoms with Gasteiger partial charge in [0.2, 0.25) is 15.9 Å². The Labute approximate surface area is 216 Å². The zero-order valence-corrected chi connectivity index (χ0v) is 20.9. The number of nitrogens with zero attached hydrogens (tertiary/aromatic N) is 3. The Morgan fingerprint density at radius 3 is 2.62 bits per heavy atom. The highest BCUT2D eigenvalue weighted by molar-refractivity contribution is 7.90. The van der Waals surface area contributed by atoms with Crippen LogP contribution in [0.5, 0.6) is 0 Å². The van der Waals surface area contributed by atoms with Crippen molar-refractivity contribution in [2.24, 2.45) is 0 Å². The Morgan fingerprint density at radius 1 is 1.08 bits per heavy atom. The van der Waals surface area contributed by atoms with Crippen LogP contribution in [0.25, 0.3) is 21.3 Å². The second-order valence-corrected chi connectivity index (χ2v) is 11.8. The van der Waals surface area contributed by atoms with Crippen molar-refractivity contribution in [2.45, 2.75) is 24.1 Å². The summed E-state index contributed by atoms with van der Waals surface area (Å²) in [6.07, 6.45) is 0.476. The third kappa shape index (κ3) is 4.52. The second kappa shape index (κ2) is 8.99. The fourth-order valence-electron chi connectivity index (χ4n) is 4.51. The number of para-hydroxylation sites is 2. The van der Waals surface area contributed by atoms with Gasteiger partial charge in [-0.15, -0.1) is 0 Å². The molecule has 1 aliphatic heterocycles. The van der Waals surface area contributed by atoms with Gasteiger partial charge in [0.25, 0.3) is 0 Å². The molecule has 2 atom stereocenters. The number of nitrogens with one attached hydrogen (secondary N) is 3. The molecular weight excluding hydrogens is 508 g/mol. The number of carbonyl (C=O) groups is 1. The molecule has 3 aromatic carbocycles. The fourth-order valence-corrected chi connectivity index (χ4v) is 6.90. The normalized spacial score (nSPS) is 17.5. The average molecular weight is 529 g/mol. The van der Waals surface area contributed by atoms with E-state index in [1.807, 2.05) is 48.5 Å². The minimum atomic E-state index is -3.70. The number of carbonyl (C=O) groups excluding carboxylic acids is 1. The van der Waals surface area contributed by atoms with E-state index in [0.717, 1.165) is 32.6 Å². The summed E-state index contributed by atoms with van der Waals surface area (Å²) in [5.74, 6) is 0.261. The molecule has 1 aliphatic rings. The lowest BCUT2D eigenvalue weighted by molar-refractivity contribution is -0.118. The maximum atomic E-state index is 12.2. The van der Waals surface area contributed by atoms with Gasteiger partial charge in [0.05, 0.1) is 45.3 Å². The predicted molar refractivity (Wildman–Crippen MR) is 141 cm³/mol. The van der Waals surface area contributed by atoms with Gasteiger partial charge in [-0.1, -0.05) is 47.7 Å². The first kappa shape index (κ1) is 23.1. The van der Waals surface area contributed by atoms with Gasteiger partial charge >= 0.3 is 0 Å². The molecule has 6 rings (SSSR count). The number of H-pyrrole nitrogens is 1. The third-order valence-corrected chi connectivity index (χ3v) is 9.00. The van der Waals surface area contributed by atoms with Gasteiger partial charge in [-0.05, 0) is 47.9 Å². The van der Waals surface area contributed by atoms with E-state index in [9.17, 15) is 18.5 Å². The molecule has 9 nitrogen and oxygen atoms in total. The van der Waals surface area contributed by atoms with E-state index < -0.39 is 21.2 Å². The highest BCUT2D eigenvalue weighted by atomic mass is 32.2. The van der Waals surface area contributed by atoms with Crippen LogP contribution in [0.2, 0.25) is 0 Å². The number of thiazole rings is 1. The van der Waals surface area contributed by atoms with Gasteiger partial charge in [0.15, 0.2) is 5.13 Å². The first-order valence-corrected chi connectivity index (χ1v) is 13.9. The molecule has 1 saturated heterocycles. The van der Waals surface area contributed by atoms with Crippen molar-refractivity contribution in [1.82, 2.24) is 19.7 Å². The topological polar surface area (TPSA) is 141 Å². The molecule has 1 fully saturated rings. The van der Waals surface area contributed by atoms with Crippen molar-refractivity contribution in [1.29, 1.82) is 5.26 Å². The van der Waals surface area contributed by atoms with Crippen LogP contribution >= 0.6 is 11.3 Å². The summed E-state index contributed by atoms with van der Waals surface area (Å²) < 4.78 is 27.5. The lowest BCUT2D eigenvalue weighted by atomic mass is 10.0. The molecule has 0 radical (unpaired) electrons. The Hall–Kier alpha value is -4.27. The van der Waals surface area contributed by atoms with Crippen LogP contribution in [0.3, 0.4) is 0 Å². The lowest BCUT2D eigenvalue weighted by Gasteiger charge is -2.17. The number of hydrogen-bond acceptors (Lipinski definition) is 8. The summed E-state index contributed by atoms with van der Waals surface area (Å²) in [7, 11) is -3.70. The molecule has 2 aromatic heterocycles. The van der Waals surface area contributed by atoms with E-state index in [2.05, 4.69) is 26.1 Å². The smallest absolute Gasteiger partial charge is 0.242 e. The van der Waals surface area contributed by atoms with Gasteiger partial charge in [-0.25, -0.2) is 18.4 Å². The molecule has 0 saturated carbocycles. The van der Waals surface area contributed by atoms with Gasteiger partial charge in [0, 0.05) is 0 Å². The number of benzene rings is 3. The van der Waals surface area contributed by atoms with Gasteiger partial charge in [-0.3, -0.25) is 9.52 Å². The number of nitriles is 1. The number of aromatic amines is 1. The maximum Gasteiger partial charge on any atom is 0.242 e. The molecule has 0 bridgehead atoms. The third-order valence-electron chi connectivity index (χ3n) is 6.35. The minimum absolute atomic E-state index is 0.0734. The average Bonchev–Trinajstić information content (AvgIpc) is 3.57. The van der Waals surface area contributed by atoms with Crippen molar-refractivity contribution >= 4 is 53.6 Å². The van der Waals surface area contributed by atoms with E-state index in [0.29, 0.717) is 22.7 Å². The summed E-state index contributed by atoms with van der Waals surface area (Å²) in [6.45, 7) is 0. The van der Waals surface area contributed by atoms with Gasteiger partial charge in [-0.2, -0.15) is 5.26 Å². The molecule has 184 valence electrons. The zero-order chi connectivity index (χ0) is 25.6. The summed E-state index contributed by atoms with van der Waals surface area (Å²) in [5, 5.41) is 12.5. The quantitative estimate of drug-likeness (QED) is 0.298. The Bertz CT molecular complexity index is 1770. The van der Waals surface area contributed by atoms with Gasteiger partial charge in [0.1, 0.15) is 11.1 Å². The Kier molecular flexibility index (Phi) is 5.62. The van der Waals surface area contributed by atoms with Crippen LogP contribution in [-0.2, 0) is 21.2 Å². The first-order chi connectivity index (χ1) is 17.9. The molecule has 1 amide bonds. The van der Waals surface area contributed by atoms with Crippen LogP contribution in [0, 0.1) is 11.3 Å². The molecular formula is C26H20N6O3S2. The van der Waals surface area contributed by atoms with Crippen molar-refractivity contribution < 1.29 is 13.2 Å². The molecule has 3 heterocycles. The van der Waals surface area contributed by atoms with E-state index in [1.165, 1.54) is 11.3 Å². The molecule has 11 heteroatoms. The molecule has 5 aromatic rings. The number of fused-ring (bicyclic) bond motifs is 2. The summed E-state index contributed by atoms with van der Waals surface area (Å²) in [6, 6.07) is 22.4. The largest absolute Gasteiger partial charge is 0.351 e. The summed E-state index contributed by atoms with van der Waals surface area (Å²) in [5.41, 5.74) is 4.70. The Morgan fingerprint density at radius 2 is 1.89 bits per heavy atom. The fraction of sp³-hybridized carbons (Fsp3) is 0.154. The number of anilines is 1. The van der Waals surface area contributed by atoms with E-state index >= 15 is 0 Å². The lowest BCUT2D eigenvalue weighted by Crippen LogP contribution is -2.21. The van der Waals surface area contributed by atoms with Crippen molar-refractivity contribution in [3.05, 3.63) is 89.2 Å². The van der Waals surface area contributed by atoms with Crippen LogP contribution in [-0.4, -0.2) is 29.3 Å². The van der Waals surface area contributed by atoms with E-state index in [1.54, 1.807) is 18.2 Å². The summed E-state index contributed by atoms with van der Waals surface area (Å²) in [4.78, 5) is 24.5. The molecule has 0 spiro atoms. The van der Waals surface area contributed by atoms with Gasteiger partial charge < -0.3 is 10.3 Å². The maximum absolute atomic E-state index is 12.2. The number of amides is 1. The molecule has 0 aliphatic carbocycles. The standard InChI is InChI=1S/C26H20N6O3S2/c27-14-16-7-10-20-22(12-16)36-26(30-20)31-21(25-28-18-3-1-2-4-19(18)29-25)11-15-5-8-17(9-6-15)23-13-24(33)32-37(23,34)35/h1-10,12,21,23H,11,13H2,(H,28,29)(H,30,31)(H,32,33)/t21-,23?/m0/s1. The molecule has 3 N–H and O–H groups in total. The highest BCUT2D eigenvalue weighted by Gasteiger charge is 2.37. The highest BCUT2D eigenvalue weighted by Crippen LogP contribution is 2.33. The zero-order valence-electron chi connectivity index (χ0n) is 19.3. The van der Waals surface area contributed by atoms with Crippen molar-refractivity contribution in [2.75, 3.05) is 5.32 Å². The monoisotopic (exact) mass is 528 g/mol. The van der Waals surface area contributed by atoms with Crippen LogP contribution in [0.4, 0.5) is 5.13 Å². The van der Waals surface area contributed by atoms with E-state index in [4.69, 9.17) is 4.98 Å². The number of rotatable bonds is 6. The van der Waals surface area contributed by atoms with Crippen LogP contribution in [0.15, 0.2) is 66.7 Å². The number of hydrogen-bond donors (Lipinski definition) is 3.